The summed E-state index contributed by atoms with van der Waals surface area (Å²) in [7, 11) is 1.27. The van der Waals surface area contributed by atoms with Crippen molar-refractivity contribution < 1.29 is 19.1 Å². The maximum Gasteiger partial charge on any atom is 0.413 e. The van der Waals surface area contributed by atoms with E-state index in [1.165, 1.54) is 18.2 Å². The average molecular weight is 446 g/mol. The van der Waals surface area contributed by atoms with E-state index < -0.39 is 12.1 Å². The van der Waals surface area contributed by atoms with Gasteiger partial charge in [0.05, 0.1) is 35.7 Å². The smallest absolute Gasteiger partial charge is 0.413 e. The number of aromatic nitrogens is 3. The molecule has 3 amide bonds. The topological polar surface area (TPSA) is 135 Å². The molecule has 10 heteroatoms. The third kappa shape index (κ3) is 4.85. The van der Waals surface area contributed by atoms with Gasteiger partial charge in [-0.3, -0.25) is 10.2 Å². The van der Waals surface area contributed by atoms with E-state index in [4.69, 9.17) is 10.5 Å². The molecule has 2 aromatic heterocycles. The number of fused-ring (bicyclic) bond motifs is 1. The number of hydrogen-bond donors (Lipinski definition) is 3. The number of ether oxygens (including phenoxy) is 2. The molecule has 0 atom stereocenters. The number of aryl methyl sites for hydroxylation is 1. The summed E-state index contributed by atoms with van der Waals surface area (Å²) in [4.78, 5) is 36.4. The van der Waals surface area contributed by atoms with Gasteiger partial charge in [0.2, 0.25) is 11.8 Å². The summed E-state index contributed by atoms with van der Waals surface area (Å²) in [5.74, 6) is 1.10. The normalized spacial score (nSPS) is 10.6. The minimum Gasteiger partial charge on any atom is -0.453 e. The largest absolute Gasteiger partial charge is 0.453 e. The standard InChI is InChI=1S/C23H22N6O4/c1-3-14-5-4-6-15(11-14)29(21(24)30)16-7-10-20(25-13-16)33-17-8-9-18-19(12-17)27-22(26-18)28-23(31)32-2/h4-13H,3H2,1-2H3,(H2,24,30)(H2,26,27,28,31). The van der Waals surface area contributed by atoms with E-state index in [1.54, 1.807) is 30.3 Å². The van der Waals surface area contributed by atoms with Crippen molar-refractivity contribution >= 4 is 40.5 Å². The number of amides is 3. The Morgan fingerprint density at radius 1 is 1.12 bits per heavy atom. The minimum atomic E-state index is -0.624. The van der Waals surface area contributed by atoms with Crippen molar-refractivity contribution in [2.75, 3.05) is 17.3 Å². The summed E-state index contributed by atoms with van der Waals surface area (Å²) < 4.78 is 10.4. The number of carbonyl (C=O) groups excluding carboxylic acids is 2. The van der Waals surface area contributed by atoms with E-state index in [-0.39, 0.29) is 5.95 Å². The Balaban J connectivity index is 1.53. The van der Waals surface area contributed by atoms with Gasteiger partial charge in [-0.1, -0.05) is 19.1 Å². The molecule has 10 nitrogen and oxygen atoms in total. The molecule has 0 saturated heterocycles. The third-order valence-corrected chi connectivity index (χ3v) is 4.86. The molecular formula is C23H22N6O4. The Morgan fingerprint density at radius 3 is 2.67 bits per heavy atom. The number of hydrogen-bond acceptors (Lipinski definition) is 6. The molecule has 0 aliphatic carbocycles. The van der Waals surface area contributed by atoms with Crippen LogP contribution in [0.4, 0.5) is 26.9 Å². The average Bonchev–Trinajstić information content (AvgIpc) is 3.21. The Bertz CT molecular complexity index is 1300. The van der Waals surface area contributed by atoms with Gasteiger partial charge in [-0.25, -0.2) is 19.6 Å². The Morgan fingerprint density at radius 2 is 1.97 bits per heavy atom. The monoisotopic (exact) mass is 446 g/mol. The number of nitrogens with two attached hydrogens (primary N) is 1. The lowest BCUT2D eigenvalue weighted by Crippen LogP contribution is -2.31. The molecule has 0 spiro atoms. The van der Waals surface area contributed by atoms with Gasteiger partial charge in [0.15, 0.2) is 0 Å². The zero-order valence-corrected chi connectivity index (χ0v) is 18.0. The number of H-pyrrole nitrogens is 1. The fraction of sp³-hybridized carbons (Fsp3) is 0.130. The summed E-state index contributed by atoms with van der Waals surface area (Å²) in [6.45, 7) is 2.04. The van der Waals surface area contributed by atoms with E-state index >= 15 is 0 Å². The first-order valence-corrected chi connectivity index (χ1v) is 10.1. The molecule has 0 fully saturated rings. The van der Waals surface area contributed by atoms with Crippen molar-refractivity contribution in [3.05, 3.63) is 66.4 Å². The van der Waals surface area contributed by atoms with Gasteiger partial charge in [-0.2, -0.15) is 0 Å². The Kier molecular flexibility index (Phi) is 6.07. The van der Waals surface area contributed by atoms with Crippen LogP contribution in [0.1, 0.15) is 12.5 Å². The molecule has 4 rings (SSSR count). The van der Waals surface area contributed by atoms with E-state index in [2.05, 4.69) is 25.0 Å². The molecule has 0 unspecified atom stereocenters. The van der Waals surface area contributed by atoms with Crippen molar-refractivity contribution in [3.8, 4) is 11.6 Å². The highest BCUT2D eigenvalue weighted by Crippen LogP contribution is 2.29. The zero-order valence-electron chi connectivity index (χ0n) is 18.0. The highest BCUT2D eigenvalue weighted by Gasteiger charge is 2.16. The molecule has 2 heterocycles. The molecule has 0 bridgehead atoms. The van der Waals surface area contributed by atoms with Gasteiger partial charge in [0.25, 0.3) is 0 Å². The lowest BCUT2D eigenvalue weighted by molar-refractivity contribution is 0.186. The predicted octanol–water partition coefficient (Wildman–Crippen LogP) is 4.71. The second kappa shape index (κ2) is 9.27. The van der Waals surface area contributed by atoms with Gasteiger partial charge < -0.3 is 20.2 Å². The summed E-state index contributed by atoms with van der Waals surface area (Å²) in [6, 6.07) is 15.5. The highest BCUT2D eigenvalue weighted by atomic mass is 16.5. The maximum atomic E-state index is 12.1. The highest BCUT2D eigenvalue weighted by molar-refractivity contribution is 5.98. The van der Waals surface area contributed by atoms with E-state index in [1.807, 2.05) is 31.2 Å². The molecule has 0 aliphatic heterocycles. The molecule has 168 valence electrons. The van der Waals surface area contributed by atoms with E-state index in [0.717, 1.165) is 12.0 Å². The van der Waals surface area contributed by atoms with E-state index in [0.29, 0.717) is 34.0 Å². The fourth-order valence-electron chi connectivity index (χ4n) is 3.26. The lowest BCUT2D eigenvalue weighted by atomic mass is 10.1. The summed E-state index contributed by atoms with van der Waals surface area (Å²) >= 11 is 0. The van der Waals surface area contributed by atoms with Gasteiger partial charge in [0.1, 0.15) is 5.75 Å². The van der Waals surface area contributed by atoms with Crippen molar-refractivity contribution in [3.63, 3.8) is 0 Å². The molecule has 33 heavy (non-hydrogen) atoms. The zero-order chi connectivity index (χ0) is 23.4. The van der Waals surface area contributed by atoms with Gasteiger partial charge >= 0.3 is 12.1 Å². The van der Waals surface area contributed by atoms with Gasteiger partial charge in [-0.15, -0.1) is 0 Å². The second-order valence-electron chi connectivity index (χ2n) is 7.03. The van der Waals surface area contributed by atoms with Crippen LogP contribution in [0.3, 0.4) is 0 Å². The molecular weight excluding hydrogens is 424 g/mol. The quantitative estimate of drug-likeness (QED) is 0.393. The first kappa shape index (κ1) is 21.6. The van der Waals surface area contributed by atoms with E-state index in [9.17, 15) is 9.59 Å². The Labute approximate surface area is 189 Å². The summed E-state index contributed by atoms with van der Waals surface area (Å²) in [6.07, 6.45) is 1.74. The lowest BCUT2D eigenvalue weighted by Gasteiger charge is -2.21. The molecule has 0 radical (unpaired) electrons. The number of nitrogens with one attached hydrogen (secondary N) is 2. The Hall–Kier alpha value is -4.60. The van der Waals surface area contributed by atoms with Crippen LogP contribution >= 0.6 is 0 Å². The van der Waals surface area contributed by atoms with Gasteiger partial charge in [0, 0.05) is 12.1 Å². The number of rotatable bonds is 6. The second-order valence-corrected chi connectivity index (χ2v) is 7.03. The van der Waals surface area contributed by atoms with Crippen molar-refractivity contribution in [1.82, 2.24) is 15.0 Å². The first-order chi connectivity index (χ1) is 16.0. The van der Waals surface area contributed by atoms with Crippen molar-refractivity contribution in [2.45, 2.75) is 13.3 Å². The van der Waals surface area contributed by atoms with Crippen molar-refractivity contribution in [1.29, 1.82) is 0 Å². The predicted molar refractivity (Wildman–Crippen MR) is 124 cm³/mol. The minimum absolute atomic E-state index is 0.259. The molecule has 4 N–H and O–H groups in total. The van der Waals surface area contributed by atoms with Crippen LogP contribution in [0, 0.1) is 0 Å². The SMILES string of the molecule is CCc1cccc(N(C(N)=O)c2ccc(Oc3ccc4nc(NC(=O)OC)[nH]c4c3)nc2)c1. The molecule has 4 aromatic rings. The van der Waals surface area contributed by atoms with Crippen LogP contribution in [0.15, 0.2) is 60.8 Å². The van der Waals surface area contributed by atoms with Crippen LogP contribution in [-0.4, -0.2) is 34.2 Å². The number of imidazole rings is 1. The molecule has 0 aliphatic rings. The number of urea groups is 1. The summed E-state index contributed by atoms with van der Waals surface area (Å²) in [5.41, 5.74) is 9.21. The number of anilines is 3. The van der Waals surface area contributed by atoms with Crippen LogP contribution in [-0.2, 0) is 11.2 Å². The van der Waals surface area contributed by atoms with Crippen LogP contribution in [0.5, 0.6) is 11.6 Å². The van der Waals surface area contributed by atoms with Crippen LogP contribution < -0.4 is 20.7 Å². The number of pyridine rings is 1. The number of methoxy groups -OCH3 is 1. The number of carbonyl (C=O) groups is 2. The number of aromatic amines is 1. The third-order valence-electron chi connectivity index (χ3n) is 4.86. The number of nitrogens with zero attached hydrogens (tertiary/aromatic N) is 3. The number of benzene rings is 2. The number of primary amides is 1. The van der Waals surface area contributed by atoms with Crippen LogP contribution in [0.2, 0.25) is 0 Å². The van der Waals surface area contributed by atoms with Gasteiger partial charge in [-0.05, 0) is 42.3 Å². The van der Waals surface area contributed by atoms with Crippen molar-refractivity contribution in [2.24, 2.45) is 5.73 Å². The fourth-order valence-corrected chi connectivity index (χ4v) is 3.26. The van der Waals surface area contributed by atoms with Crippen LogP contribution in [0.25, 0.3) is 11.0 Å². The summed E-state index contributed by atoms with van der Waals surface area (Å²) in [5, 5.41) is 2.47. The first-order valence-electron chi connectivity index (χ1n) is 10.1. The molecule has 0 saturated carbocycles. The molecule has 2 aromatic carbocycles. The maximum absolute atomic E-state index is 12.1.